The van der Waals surface area contributed by atoms with E-state index in [2.05, 4.69) is 4.74 Å². The summed E-state index contributed by atoms with van der Waals surface area (Å²) in [6.45, 7) is 1.72. The molecule has 1 aromatic rings. The second-order valence-corrected chi connectivity index (χ2v) is 2.41. The number of carboxylic acids is 1. The minimum atomic E-state index is -2.64. The second kappa shape index (κ2) is 3.26. The smallest absolute Gasteiger partial charge is 0.339 e. The van der Waals surface area contributed by atoms with Crippen LogP contribution in [0.25, 0.3) is 0 Å². The van der Waals surface area contributed by atoms with Crippen molar-refractivity contribution in [2.45, 2.75) is 6.92 Å². The molecule has 0 bridgehead atoms. The molecule has 3 heteroatoms. The minimum Gasteiger partial charge on any atom is -0.496 e. The predicted octanol–water partition coefficient (Wildman–Crippen LogP) is 1.70. The van der Waals surface area contributed by atoms with Crippen molar-refractivity contribution in [1.82, 2.24) is 0 Å². The van der Waals surface area contributed by atoms with Crippen LogP contribution in [-0.4, -0.2) is 18.1 Å². The minimum absolute atomic E-state index is 0.137. The highest BCUT2D eigenvalue weighted by Gasteiger charge is 2.09. The Morgan fingerprint density at radius 2 is 2.42 bits per heavy atom. The zero-order chi connectivity index (χ0) is 11.6. The van der Waals surface area contributed by atoms with Crippen LogP contribution in [0.5, 0.6) is 5.75 Å². The van der Waals surface area contributed by atoms with Crippen molar-refractivity contribution < 1.29 is 18.8 Å². The molecule has 0 heterocycles. The maximum absolute atomic E-state index is 10.8. The van der Waals surface area contributed by atoms with E-state index in [4.69, 9.17) is 9.22 Å². The van der Waals surface area contributed by atoms with Crippen LogP contribution in [0.4, 0.5) is 0 Å². The van der Waals surface area contributed by atoms with Crippen molar-refractivity contribution in [2.75, 3.05) is 7.04 Å². The standard InChI is InChI=1S/C9H10O3/c1-6-3-4-7(9(10)11)8(5-6)12-2/h3-5H,1-2H3,(H,10,11)/i2D3. The summed E-state index contributed by atoms with van der Waals surface area (Å²) in [6, 6.07) is 4.28. The molecule has 0 unspecified atom stereocenters. The van der Waals surface area contributed by atoms with Gasteiger partial charge in [-0.15, -0.1) is 0 Å². The summed E-state index contributed by atoms with van der Waals surface area (Å²) < 4.78 is 25.3. The van der Waals surface area contributed by atoms with E-state index < -0.39 is 13.0 Å². The van der Waals surface area contributed by atoms with Gasteiger partial charge in [0.25, 0.3) is 0 Å². The first-order valence-electron chi connectivity index (χ1n) is 4.82. The number of benzene rings is 1. The molecule has 0 spiro atoms. The van der Waals surface area contributed by atoms with Crippen LogP contribution in [0, 0.1) is 6.92 Å². The number of aromatic carboxylic acids is 1. The quantitative estimate of drug-likeness (QED) is 0.733. The number of carbonyl (C=O) groups is 1. The normalized spacial score (nSPS) is 14.2. The van der Waals surface area contributed by atoms with Gasteiger partial charge in [-0.3, -0.25) is 0 Å². The summed E-state index contributed by atoms with van der Waals surface area (Å²) >= 11 is 0. The van der Waals surface area contributed by atoms with Crippen LogP contribution in [0.15, 0.2) is 18.2 Å². The number of methoxy groups -OCH3 is 1. The number of hydrogen-bond donors (Lipinski definition) is 1. The van der Waals surface area contributed by atoms with Gasteiger partial charge in [0.15, 0.2) is 0 Å². The molecule has 0 aromatic heterocycles. The molecule has 1 N–H and O–H groups in total. The van der Waals surface area contributed by atoms with Gasteiger partial charge in [-0.2, -0.15) is 0 Å². The molecule has 3 nitrogen and oxygen atoms in total. The maximum Gasteiger partial charge on any atom is 0.339 e. The average molecular weight is 169 g/mol. The highest BCUT2D eigenvalue weighted by Crippen LogP contribution is 2.19. The first-order valence-corrected chi connectivity index (χ1v) is 3.32. The highest BCUT2D eigenvalue weighted by atomic mass is 16.5. The van der Waals surface area contributed by atoms with E-state index in [-0.39, 0.29) is 11.3 Å². The SMILES string of the molecule is [2H]C([2H])([2H])Oc1cc(C)ccc1C(=O)O. The van der Waals surface area contributed by atoms with Crippen LogP contribution in [0.1, 0.15) is 20.0 Å². The molecule has 1 rings (SSSR count). The van der Waals surface area contributed by atoms with Crippen molar-refractivity contribution in [3.63, 3.8) is 0 Å². The first kappa shape index (κ1) is 5.19. The summed E-state index contributed by atoms with van der Waals surface area (Å²) in [5.74, 6) is -1.35. The van der Waals surface area contributed by atoms with E-state index in [0.717, 1.165) is 5.56 Å². The molecule has 0 aliphatic carbocycles. The third-order valence-corrected chi connectivity index (χ3v) is 1.48. The lowest BCUT2D eigenvalue weighted by Crippen LogP contribution is -2.00. The van der Waals surface area contributed by atoms with Crippen molar-refractivity contribution in [3.05, 3.63) is 29.3 Å². The fourth-order valence-corrected chi connectivity index (χ4v) is 0.891. The second-order valence-electron chi connectivity index (χ2n) is 2.41. The Balaban J connectivity index is 3.13. The molecule has 0 aliphatic rings. The number of hydrogen-bond acceptors (Lipinski definition) is 2. The third kappa shape index (κ3) is 1.56. The van der Waals surface area contributed by atoms with E-state index in [0.29, 0.717) is 0 Å². The lowest BCUT2D eigenvalue weighted by molar-refractivity contribution is 0.0693. The topological polar surface area (TPSA) is 46.5 Å². The van der Waals surface area contributed by atoms with E-state index in [1.807, 2.05) is 0 Å². The fourth-order valence-electron chi connectivity index (χ4n) is 0.891. The number of carboxylic acid groups (broad SMARTS) is 1. The Labute approximate surface area is 74.8 Å². The van der Waals surface area contributed by atoms with E-state index in [1.54, 1.807) is 13.0 Å². The van der Waals surface area contributed by atoms with Gasteiger partial charge in [-0.25, -0.2) is 4.79 Å². The Bertz CT molecular complexity index is 385. The summed E-state index contributed by atoms with van der Waals surface area (Å²) in [5.41, 5.74) is 0.580. The zero-order valence-electron chi connectivity index (χ0n) is 9.50. The largest absolute Gasteiger partial charge is 0.496 e. The predicted molar refractivity (Wildman–Crippen MR) is 44.7 cm³/mol. The molecule has 0 fully saturated rings. The fraction of sp³-hybridized carbons (Fsp3) is 0.222. The highest BCUT2D eigenvalue weighted by molar-refractivity contribution is 5.90. The Kier molecular flexibility index (Phi) is 1.41. The molecule has 0 atom stereocenters. The third-order valence-electron chi connectivity index (χ3n) is 1.48. The van der Waals surface area contributed by atoms with Gasteiger partial charge in [-0.05, 0) is 24.6 Å². The van der Waals surface area contributed by atoms with E-state index >= 15 is 0 Å². The lowest BCUT2D eigenvalue weighted by atomic mass is 10.1. The molecule has 12 heavy (non-hydrogen) atoms. The Morgan fingerprint density at radius 3 is 3.00 bits per heavy atom. The van der Waals surface area contributed by atoms with Gasteiger partial charge >= 0.3 is 5.97 Å². The number of aryl methyl sites for hydroxylation is 1. The number of ether oxygens (including phenoxy) is 1. The van der Waals surface area contributed by atoms with Gasteiger partial charge in [-0.1, -0.05) is 6.07 Å². The summed E-state index contributed by atoms with van der Waals surface area (Å²) in [6.07, 6.45) is 0. The van der Waals surface area contributed by atoms with Gasteiger partial charge in [0, 0.05) is 0 Å². The zero-order valence-corrected chi connectivity index (χ0v) is 6.50. The summed E-state index contributed by atoms with van der Waals surface area (Å²) in [5, 5.41) is 8.79. The first-order chi connectivity index (χ1) is 6.79. The maximum atomic E-state index is 10.8. The molecular formula is C9H10O3. The monoisotopic (exact) mass is 169 g/mol. The lowest BCUT2D eigenvalue weighted by Gasteiger charge is -2.04. The van der Waals surface area contributed by atoms with Gasteiger partial charge < -0.3 is 9.84 Å². The molecule has 0 amide bonds. The Hall–Kier alpha value is -1.51. The summed E-state index contributed by atoms with van der Waals surface area (Å²) in [7, 11) is -2.64. The van der Waals surface area contributed by atoms with Crippen LogP contribution in [0.2, 0.25) is 0 Å². The van der Waals surface area contributed by atoms with Crippen molar-refractivity contribution >= 4 is 5.97 Å². The van der Waals surface area contributed by atoms with Crippen LogP contribution < -0.4 is 4.74 Å². The van der Waals surface area contributed by atoms with E-state index in [1.165, 1.54) is 12.1 Å². The molecule has 0 saturated heterocycles. The molecule has 0 saturated carbocycles. The summed E-state index contributed by atoms with van der Waals surface area (Å²) in [4.78, 5) is 10.8. The molecule has 1 aromatic carbocycles. The van der Waals surface area contributed by atoms with Crippen molar-refractivity contribution in [1.29, 1.82) is 0 Å². The van der Waals surface area contributed by atoms with E-state index in [9.17, 15) is 4.79 Å². The van der Waals surface area contributed by atoms with Crippen LogP contribution in [0.3, 0.4) is 0 Å². The molecule has 0 aliphatic heterocycles. The van der Waals surface area contributed by atoms with Crippen molar-refractivity contribution in [2.24, 2.45) is 0 Å². The van der Waals surface area contributed by atoms with Crippen LogP contribution >= 0.6 is 0 Å². The molecule has 64 valence electrons. The van der Waals surface area contributed by atoms with Gasteiger partial charge in [0.2, 0.25) is 0 Å². The van der Waals surface area contributed by atoms with Gasteiger partial charge in [0.1, 0.15) is 11.3 Å². The van der Waals surface area contributed by atoms with Gasteiger partial charge in [0.05, 0.1) is 11.2 Å². The molecule has 0 radical (unpaired) electrons. The Morgan fingerprint density at radius 1 is 1.67 bits per heavy atom. The average Bonchev–Trinajstić information content (AvgIpc) is 1.99. The molecular weight excluding hydrogens is 156 g/mol. The van der Waals surface area contributed by atoms with Crippen molar-refractivity contribution in [3.8, 4) is 5.75 Å². The van der Waals surface area contributed by atoms with Crippen LogP contribution in [-0.2, 0) is 0 Å². The number of rotatable bonds is 2.